The summed E-state index contributed by atoms with van der Waals surface area (Å²) in [6.45, 7) is 2.94. The van der Waals surface area contributed by atoms with Crippen LogP contribution in [0.15, 0.2) is 18.2 Å². The molecule has 18 heavy (non-hydrogen) atoms. The zero-order valence-corrected chi connectivity index (χ0v) is 11.0. The van der Waals surface area contributed by atoms with Crippen LogP contribution >= 0.6 is 0 Å². The first kappa shape index (κ1) is 13.2. The summed E-state index contributed by atoms with van der Waals surface area (Å²) in [6, 6.07) is 5.35. The SMILES string of the molecule is CCC1CCC(NCc2ccc(O)cc2O)CC1. The second kappa shape index (κ2) is 6.10. The van der Waals surface area contributed by atoms with Crippen LogP contribution in [0.3, 0.4) is 0 Å². The van der Waals surface area contributed by atoms with Gasteiger partial charge in [0.1, 0.15) is 11.5 Å². The minimum Gasteiger partial charge on any atom is -0.508 e. The van der Waals surface area contributed by atoms with Crippen molar-refractivity contribution >= 4 is 0 Å². The molecule has 3 heteroatoms. The third-order valence-electron chi connectivity index (χ3n) is 4.07. The van der Waals surface area contributed by atoms with E-state index in [1.165, 1.54) is 38.2 Å². The van der Waals surface area contributed by atoms with Gasteiger partial charge < -0.3 is 15.5 Å². The molecule has 0 unspecified atom stereocenters. The van der Waals surface area contributed by atoms with E-state index in [9.17, 15) is 10.2 Å². The molecule has 3 N–H and O–H groups in total. The maximum Gasteiger partial charge on any atom is 0.123 e. The smallest absolute Gasteiger partial charge is 0.123 e. The van der Waals surface area contributed by atoms with Crippen molar-refractivity contribution in [1.82, 2.24) is 5.32 Å². The number of rotatable bonds is 4. The predicted molar refractivity (Wildman–Crippen MR) is 72.6 cm³/mol. The zero-order valence-electron chi connectivity index (χ0n) is 11.0. The van der Waals surface area contributed by atoms with Gasteiger partial charge in [0, 0.05) is 24.2 Å². The molecule has 1 fully saturated rings. The van der Waals surface area contributed by atoms with E-state index in [0.29, 0.717) is 12.6 Å². The Bertz CT molecular complexity index is 384. The summed E-state index contributed by atoms with van der Waals surface area (Å²) in [7, 11) is 0. The summed E-state index contributed by atoms with van der Waals surface area (Å²) in [5, 5.41) is 22.4. The quantitative estimate of drug-likeness (QED) is 0.768. The predicted octanol–water partition coefficient (Wildman–Crippen LogP) is 3.16. The molecule has 0 aromatic heterocycles. The Balaban J connectivity index is 1.81. The van der Waals surface area contributed by atoms with E-state index in [1.54, 1.807) is 12.1 Å². The molecule has 3 nitrogen and oxygen atoms in total. The Morgan fingerprint density at radius 2 is 1.89 bits per heavy atom. The van der Waals surface area contributed by atoms with Crippen LogP contribution in [0.25, 0.3) is 0 Å². The van der Waals surface area contributed by atoms with Crippen molar-refractivity contribution < 1.29 is 10.2 Å². The van der Waals surface area contributed by atoms with Gasteiger partial charge in [0.05, 0.1) is 0 Å². The number of hydrogen-bond acceptors (Lipinski definition) is 3. The van der Waals surface area contributed by atoms with Gasteiger partial charge in [0.2, 0.25) is 0 Å². The van der Waals surface area contributed by atoms with Crippen LogP contribution in [0.5, 0.6) is 11.5 Å². The zero-order chi connectivity index (χ0) is 13.0. The van der Waals surface area contributed by atoms with E-state index in [1.807, 2.05) is 0 Å². The molecule has 1 aromatic rings. The molecule has 100 valence electrons. The molecule has 1 saturated carbocycles. The van der Waals surface area contributed by atoms with Crippen LogP contribution in [0.2, 0.25) is 0 Å². The molecule has 0 radical (unpaired) electrons. The fourth-order valence-electron chi connectivity index (χ4n) is 2.73. The highest BCUT2D eigenvalue weighted by Gasteiger charge is 2.19. The van der Waals surface area contributed by atoms with E-state index < -0.39 is 0 Å². The highest BCUT2D eigenvalue weighted by Crippen LogP contribution is 2.27. The first-order chi connectivity index (χ1) is 8.69. The average Bonchev–Trinajstić information content (AvgIpc) is 2.38. The van der Waals surface area contributed by atoms with Gasteiger partial charge in [-0.25, -0.2) is 0 Å². The van der Waals surface area contributed by atoms with Crippen molar-refractivity contribution in [3.63, 3.8) is 0 Å². The molecule has 1 aliphatic carbocycles. The summed E-state index contributed by atoms with van der Waals surface area (Å²) >= 11 is 0. The van der Waals surface area contributed by atoms with Gasteiger partial charge in [0.25, 0.3) is 0 Å². The molecule has 0 amide bonds. The molecule has 1 aromatic carbocycles. The third kappa shape index (κ3) is 3.39. The number of phenolic OH excluding ortho intramolecular Hbond substituents is 2. The van der Waals surface area contributed by atoms with Crippen molar-refractivity contribution in [2.24, 2.45) is 5.92 Å². The minimum absolute atomic E-state index is 0.111. The standard InChI is InChI=1S/C15H23NO2/c1-2-11-3-6-13(7-4-11)16-10-12-5-8-14(17)9-15(12)18/h5,8-9,11,13,16-18H,2-4,6-7,10H2,1H3. The molecule has 1 aliphatic rings. The Morgan fingerprint density at radius 1 is 1.17 bits per heavy atom. The van der Waals surface area contributed by atoms with Crippen molar-refractivity contribution in [2.75, 3.05) is 0 Å². The summed E-state index contributed by atoms with van der Waals surface area (Å²) in [5.74, 6) is 1.19. The number of phenols is 2. The molecule has 0 aliphatic heterocycles. The Morgan fingerprint density at radius 3 is 2.50 bits per heavy atom. The van der Waals surface area contributed by atoms with Crippen molar-refractivity contribution in [3.8, 4) is 11.5 Å². The Kier molecular flexibility index (Phi) is 4.48. The lowest BCUT2D eigenvalue weighted by Crippen LogP contribution is -2.32. The van der Waals surface area contributed by atoms with Crippen molar-refractivity contribution in [1.29, 1.82) is 0 Å². The molecule has 2 rings (SSSR count). The summed E-state index contributed by atoms with van der Waals surface area (Å²) < 4.78 is 0. The van der Waals surface area contributed by atoms with Gasteiger partial charge in [-0.3, -0.25) is 0 Å². The minimum atomic E-state index is 0.111. The number of benzene rings is 1. The van der Waals surface area contributed by atoms with Crippen LogP contribution in [0.1, 0.15) is 44.6 Å². The largest absolute Gasteiger partial charge is 0.508 e. The molecule has 0 heterocycles. The summed E-state index contributed by atoms with van der Waals surface area (Å²) in [6.07, 6.45) is 6.39. The number of hydrogen-bond donors (Lipinski definition) is 3. The third-order valence-corrected chi connectivity index (χ3v) is 4.07. The lowest BCUT2D eigenvalue weighted by atomic mass is 9.84. The lowest BCUT2D eigenvalue weighted by Gasteiger charge is -2.28. The molecular weight excluding hydrogens is 226 g/mol. The fraction of sp³-hybridized carbons (Fsp3) is 0.600. The van der Waals surface area contributed by atoms with Crippen LogP contribution in [0, 0.1) is 5.92 Å². The van der Waals surface area contributed by atoms with Gasteiger partial charge in [-0.05, 0) is 37.7 Å². The number of nitrogens with one attached hydrogen (secondary N) is 1. The van der Waals surface area contributed by atoms with Crippen LogP contribution < -0.4 is 5.32 Å². The monoisotopic (exact) mass is 249 g/mol. The summed E-state index contributed by atoms with van der Waals surface area (Å²) in [4.78, 5) is 0. The number of aromatic hydroxyl groups is 2. The second-order valence-electron chi connectivity index (χ2n) is 5.32. The van der Waals surface area contributed by atoms with Gasteiger partial charge >= 0.3 is 0 Å². The highest BCUT2D eigenvalue weighted by molar-refractivity contribution is 5.38. The molecule has 0 spiro atoms. The van der Waals surface area contributed by atoms with E-state index >= 15 is 0 Å². The molecular formula is C15H23NO2. The molecule has 0 atom stereocenters. The maximum absolute atomic E-state index is 9.70. The topological polar surface area (TPSA) is 52.5 Å². The van der Waals surface area contributed by atoms with E-state index in [4.69, 9.17) is 0 Å². The Hall–Kier alpha value is -1.22. The van der Waals surface area contributed by atoms with E-state index in [-0.39, 0.29) is 11.5 Å². The van der Waals surface area contributed by atoms with Gasteiger partial charge in [-0.1, -0.05) is 19.4 Å². The van der Waals surface area contributed by atoms with Crippen LogP contribution in [0.4, 0.5) is 0 Å². The normalized spacial score (nSPS) is 24.1. The van der Waals surface area contributed by atoms with E-state index in [0.717, 1.165) is 11.5 Å². The van der Waals surface area contributed by atoms with Crippen molar-refractivity contribution in [3.05, 3.63) is 23.8 Å². The van der Waals surface area contributed by atoms with Crippen molar-refractivity contribution in [2.45, 2.75) is 51.6 Å². The average molecular weight is 249 g/mol. The maximum atomic E-state index is 9.70. The van der Waals surface area contributed by atoms with E-state index in [2.05, 4.69) is 12.2 Å². The van der Waals surface area contributed by atoms with Gasteiger partial charge in [-0.2, -0.15) is 0 Å². The first-order valence-electron chi connectivity index (χ1n) is 6.93. The fourth-order valence-corrected chi connectivity index (χ4v) is 2.73. The molecule has 0 saturated heterocycles. The first-order valence-corrected chi connectivity index (χ1v) is 6.93. The van der Waals surface area contributed by atoms with Gasteiger partial charge in [0.15, 0.2) is 0 Å². The lowest BCUT2D eigenvalue weighted by molar-refractivity contribution is 0.284. The summed E-state index contributed by atoms with van der Waals surface area (Å²) in [5.41, 5.74) is 0.852. The molecule has 0 bridgehead atoms. The van der Waals surface area contributed by atoms with Gasteiger partial charge in [-0.15, -0.1) is 0 Å². The van der Waals surface area contributed by atoms with Crippen LogP contribution in [-0.4, -0.2) is 16.3 Å². The highest BCUT2D eigenvalue weighted by atomic mass is 16.3. The second-order valence-corrected chi connectivity index (χ2v) is 5.32. The Labute approximate surface area is 109 Å². The van der Waals surface area contributed by atoms with Crippen LogP contribution in [-0.2, 0) is 6.54 Å².